The summed E-state index contributed by atoms with van der Waals surface area (Å²) < 4.78 is 0. The number of amidine groups is 1. The summed E-state index contributed by atoms with van der Waals surface area (Å²) in [4.78, 5) is 15.8. The Morgan fingerprint density at radius 1 is 1.65 bits per heavy atom. The molecule has 0 aromatic rings. The van der Waals surface area contributed by atoms with E-state index in [4.69, 9.17) is 0 Å². The first-order valence-corrected chi connectivity index (χ1v) is 7.33. The minimum absolute atomic E-state index is 0.0807. The first kappa shape index (κ1) is 14.4. The summed E-state index contributed by atoms with van der Waals surface area (Å²) in [5.74, 6) is 1.21. The van der Waals surface area contributed by atoms with E-state index in [2.05, 4.69) is 22.5 Å². The molecule has 1 aliphatic rings. The molecule has 1 unspecified atom stereocenters. The fourth-order valence-corrected chi connectivity index (χ4v) is 2.67. The lowest BCUT2D eigenvalue weighted by atomic mass is 10.2. The van der Waals surface area contributed by atoms with E-state index in [0.29, 0.717) is 19.0 Å². The average Bonchev–Trinajstić information content (AvgIpc) is 2.28. The number of nitrogens with zero attached hydrogens (tertiary/aromatic N) is 1. The molecule has 0 aliphatic carbocycles. The number of aliphatic imine (C=N–C) groups is 1. The summed E-state index contributed by atoms with van der Waals surface area (Å²) in [7, 11) is 0. The molecule has 5 heteroatoms. The van der Waals surface area contributed by atoms with Gasteiger partial charge in [-0.2, -0.15) is 0 Å². The van der Waals surface area contributed by atoms with Gasteiger partial charge in [-0.1, -0.05) is 18.7 Å². The molecule has 1 heterocycles. The zero-order chi connectivity index (χ0) is 12.7. The van der Waals surface area contributed by atoms with Crippen LogP contribution in [0.15, 0.2) is 4.99 Å². The first-order chi connectivity index (χ1) is 8.11. The van der Waals surface area contributed by atoms with Gasteiger partial charge >= 0.3 is 0 Å². The second-order valence-electron chi connectivity index (χ2n) is 4.55. The Balaban J connectivity index is 2.26. The zero-order valence-electron chi connectivity index (χ0n) is 11.0. The van der Waals surface area contributed by atoms with Gasteiger partial charge in [0.15, 0.2) is 5.17 Å². The highest BCUT2D eigenvalue weighted by atomic mass is 32.2. The molecule has 0 bridgehead atoms. The molecular formula is C12H23N3OS. The van der Waals surface area contributed by atoms with Crippen LogP contribution in [0.3, 0.4) is 0 Å². The normalized spacial score (nSPS) is 22.6. The van der Waals surface area contributed by atoms with Crippen LogP contribution in [0.4, 0.5) is 0 Å². The number of carbonyl (C=O) groups excluding carboxylic acids is 1. The van der Waals surface area contributed by atoms with E-state index in [0.717, 1.165) is 17.3 Å². The molecular weight excluding hydrogens is 234 g/mol. The van der Waals surface area contributed by atoms with Crippen LogP contribution in [0.1, 0.15) is 40.0 Å². The van der Waals surface area contributed by atoms with Gasteiger partial charge in [-0.15, -0.1) is 0 Å². The number of carbonyl (C=O) groups is 1. The molecule has 2 N–H and O–H groups in total. The highest BCUT2D eigenvalue weighted by Gasteiger charge is 2.15. The molecule has 0 spiro atoms. The molecule has 0 radical (unpaired) electrons. The number of hydrogen-bond acceptors (Lipinski definition) is 3. The topological polar surface area (TPSA) is 53.5 Å². The van der Waals surface area contributed by atoms with Crippen LogP contribution in [0.2, 0.25) is 0 Å². The van der Waals surface area contributed by atoms with Crippen molar-refractivity contribution >= 4 is 22.8 Å². The smallest absolute Gasteiger partial charge is 0.222 e. The van der Waals surface area contributed by atoms with Gasteiger partial charge in [0.1, 0.15) is 0 Å². The number of amides is 1. The third kappa shape index (κ3) is 5.96. The summed E-state index contributed by atoms with van der Waals surface area (Å²) >= 11 is 1.76. The number of thioether (sulfide) groups is 1. The van der Waals surface area contributed by atoms with E-state index in [-0.39, 0.29) is 11.9 Å². The molecule has 0 saturated carbocycles. The SMILES string of the molecule is CCC1CCSC(=NCCC(=O)NC(C)C)N1. The predicted octanol–water partition coefficient (Wildman–Crippen LogP) is 1.76. The van der Waals surface area contributed by atoms with E-state index in [1.807, 2.05) is 13.8 Å². The fourth-order valence-electron chi connectivity index (χ4n) is 1.64. The molecule has 17 heavy (non-hydrogen) atoms. The van der Waals surface area contributed by atoms with Gasteiger partial charge in [0.05, 0.1) is 6.54 Å². The van der Waals surface area contributed by atoms with Crippen LogP contribution in [-0.2, 0) is 4.79 Å². The van der Waals surface area contributed by atoms with Gasteiger partial charge in [0.2, 0.25) is 5.91 Å². The lowest BCUT2D eigenvalue weighted by Gasteiger charge is -2.24. The molecule has 0 aromatic carbocycles. The van der Waals surface area contributed by atoms with E-state index in [9.17, 15) is 4.79 Å². The van der Waals surface area contributed by atoms with Crippen molar-refractivity contribution < 1.29 is 4.79 Å². The fraction of sp³-hybridized carbons (Fsp3) is 0.833. The summed E-state index contributed by atoms with van der Waals surface area (Å²) in [5.41, 5.74) is 0. The molecule has 1 atom stereocenters. The van der Waals surface area contributed by atoms with Gasteiger partial charge in [0, 0.05) is 24.3 Å². The van der Waals surface area contributed by atoms with Crippen LogP contribution in [-0.4, -0.2) is 35.5 Å². The highest BCUT2D eigenvalue weighted by molar-refractivity contribution is 8.13. The Kier molecular flexibility index (Phi) is 6.40. The molecule has 4 nitrogen and oxygen atoms in total. The van der Waals surface area contributed by atoms with Crippen molar-refractivity contribution in [3.05, 3.63) is 0 Å². The molecule has 0 aromatic heterocycles. The maximum absolute atomic E-state index is 11.4. The van der Waals surface area contributed by atoms with Crippen molar-refractivity contribution in [3.8, 4) is 0 Å². The second-order valence-corrected chi connectivity index (χ2v) is 5.63. The van der Waals surface area contributed by atoms with Gasteiger partial charge < -0.3 is 10.6 Å². The number of nitrogens with one attached hydrogen (secondary N) is 2. The first-order valence-electron chi connectivity index (χ1n) is 6.35. The maximum atomic E-state index is 11.4. The van der Waals surface area contributed by atoms with Crippen molar-refractivity contribution in [2.24, 2.45) is 4.99 Å². The van der Waals surface area contributed by atoms with E-state index >= 15 is 0 Å². The number of hydrogen-bond donors (Lipinski definition) is 2. The third-order valence-electron chi connectivity index (χ3n) is 2.57. The summed E-state index contributed by atoms with van der Waals surface area (Å²) in [6.45, 7) is 6.69. The summed E-state index contributed by atoms with van der Waals surface area (Å²) in [6, 6.07) is 0.765. The highest BCUT2D eigenvalue weighted by Crippen LogP contribution is 2.15. The van der Waals surface area contributed by atoms with Crippen LogP contribution < -0.4 is 10.6 Å². The number of rotatable bonds is 5. The average molecular weight is 257 g/mol. The quantitative estimate of drug-likeness (QED) is 0.789. The van der Waals surface area contributed by atoms with Crippen molar-refractivity contribution in [2.45, 2.75) is 52.1 Å². The minimum atomic E-state index is 0.0807. The van der Waals surface area contributed by atoms with Crippen LogP contribution >= 0.6 is 11.8 Å². The van der Waals surface area contributed by atoms with Crippen LogP contribution in [0.5, 0.6) is 0 Å². The van der Waals surface area contributed by atoms with E-state index in [1.165, 1.54) is 6.42 Å². The Bertz CT molecular complexity index is 279. The second kappa shape index (κ2) is 7.58. The van der Waals surface area contributed by atoms with Crippen molar-refractivity contribution in [2.75, 3.05) is 12.3 Å². The largest absolute Gasteiger partial charge is 0.362 e. The Hall–Kier alpha value is -0.710. The zero-order valence-corrected chi connectivity index (χ0v) is 11.8. The van der Waals surface area contributed by atoms with E-state index in [1.54, 1.807) is 11.8 Å². The van der Waals surface area contributed by atoms with Gasteiger partial charge in [-0.05, 0) is 26.7 Å². The molecule has 1 rings (SSSR count). The molecule has 1 amide bonds. The monoisotopic (exact) mass is 257 g/mol. The minimum Gasteiger partial charge on any atom is -0.362 e. The molecule has 1 aliphatic heterocycles. The maximum Gasteiger partial charge on any atom is 0.222 e. The standard InChI is InChI=1S/C12H23N3OS/c1-4-10-6-8-17-12(15-10)13-7-5-11(16)14-9(2)3/h9-10H,4-8H2,1-3H3,(H,13,15)(H,14,16). The molecule has 1 saturated heterocycles. The van der Waals surface area contributed by atoms with Crippen molar-refractivity contribution in [1.82, 2.24) is 10.6 Å². The van der Waals surface area contributed by atoms with Gasteiger partial charge in [0.25, 0.3) is 0 Å². The summed E-state index contributed by atoms with van der Waals surface area (Å²) in [6.07, 6.45) is 2.81. The van der Waals surface area contributed by atoms with Crippen LogP contribution in [0.25, 0.3) is 0 Å². The van der Waals surface area contributed by atoms with Gasteiger partial charge in [-0.3, -0.25) is 9.79 Å². The Morgan fingerprint density at radius 2 is 2.41 bits per heavy atom. The van der Waals surface area contributed by atoms with E-state index < -0.39 is 0 Å². The molecule has 98 valence electrons. The summed E-state index contributed by atoms with van der Waals surface area (Å²) in [5, 5.41) is 7.26. The molecule has 1 fully saturated rings. The van der Waals surface area contributed by atoms with Crippen molar-refractivity contribution in [3.63, 3.8) is 0 Å². The van der Waals surface area contributed by atoms with Crippen molar-refractivity contribution in [1.29, 1.82) is 0 Å². The predicted molar refractivity (Wildman–Crippen MR) is 74.5 cm³/mol. The van der Waals surface area contributed by atoms with Crippen LogP contribution in [0, 0.1) is 0 Å². The Labute approximate surface area is 108 Å². The third-order valence-corrected chi connectivity index (χ3v) is 3.53. The lowest BCUT2D eigenvalue weighted by Crippen LogP contribution is -2.37. The lowest BCUT2D eigenvalue weighted by molar-refractivity contribution is -0.121. The Morgan fingerprint density at radius 3 is 3.06 bits per heavy atom. The van der Waals surface area contributed by atoms with Gasteiger partial charge in [-0.25, -0.2) is 0 Å².